The quantitative estimate of drug-likeness (QED) is 0.652. The van der Waals surface area contributed by atoms with E-state index in [0.29, 0.717) is 17.9 Å². The van der Waals surface area contributed by atoms with Crippen molar-refractivity contribution in [2.75, 3.05) is 5.32 Å². The second-order valence-electron chi connectivity index (χ2n) is 5.59. The van der Waals surface area contributed by atoms with Crippen LogP contribution < -0.4 is 10.1 Å². The van der Waals surface area contributed by atoms with Gasteiger partial charge in [-0.25, -0.2) is 0 Å². The Kier molecular flexibility index (Phi) is 5.29. The molecule has 0 aliphatic carbocycles. The Bertz CT molecular complexity index is 812. The number of anilines is 1. The lowest BCUT2D eigenvalue weighted by atomic mass is 10.2. The number of carbonyl (C=O) groups excluding carboxylic acids is 1. The molecule has 0 unspecified atom stereocenters. The van der Waals surface area contributed by atoms with Crippen LogP contribution in [0.25, 0.3) is 0 Å². The molecule has 1 heterocycles. The van der Waals surface area contributed by atoms with E-state index in [0.717, 1.165) is 17.7 Å². The van der Waals surface area contributed by atoms with Crippen molar-refractivity contribution in [1.29, 1.82) is 0 Å². The van der Waals surface area contributed by atoms with Crippen molar-refractivity contribution in [3.63, 3.8) is 0 Å². The molecule has 0 atom stereocenters. The molecule has 3 rings (SSSR count). The van der Waals surface area contributed by atoms with E-state index in [4.69, 9.17) is 4.74 Å². The van der Waals surface area contributed by atoms with Crippen LogP contribution in [-0.2, 0) is 11.2 Å². The van der Waals surface area contributed by atoms with Gasteiger partial charge in [-0.15, -0.1) is 0 Å². The molecule has 0 saturated carbocycles. The molecule has 0 aliphatic heterocycles. The van der Waals surface area contributed by atoms with Crippen molar-refractivity contribution in [3.8, 4) is 11.5 Å². The smallest absolute Gasteiger partial charge is 0.224 e. The Morgan fingerprint density at radius 2 is 2.00 bits per heavy atom. The van der Waals surface area contributed by atoms with Gasteiger partial charge in [-0.2, -0.15) is 11.3 Å². The van der Waals surface area contributed by atoms with Crippen LogP contribution in [0.1, 0.15) is 17.5 Å². The van der Waals surface area contributed by atoms with Gasteiger partial charge in [0.05, 0.1) is 5.69 Å². The summed E-state index contributed by atoms with van der Waals surface area (Å²) >= 11 is 1.65. The van der Waals surface area contributed by atoms with Gasteiger partial charge in [0.2, 0.25) is 5.91 Å². The SMILES string of the molecule is Cc1cccc(Oc2ccccc2NC(=O)CCc2ccsc2)c1. The number of thiophene rings is 1. The molecule has 0 fully saturated rings. The molecule has 3 nitrogen and oxygen atoms in total. The van der Waals surface area contributed by atoms with Crippen LogP contribution in [0.3, 0.4) is 0 Å². The van der Waals surface area contributed by atoms with E-state index in [2.05, 4.69) is 10.7 Å². The van der Waals surface area contributed by atoms with Crippen molar-refractivity contribution in [2.24, 2.45) is 0 Å². The summed E-state index contributed by atoms with van der Waals surface area (Å²) in [7, 11) is 0. The molecule has 0 radical (unpaired) electrons. The summed E-state index contributed by atoms with van der Waals surface area (Å²) in [5.41, 5.74) is 3.01. The molecule has 24 heavy (non-hydrogen) atoms. The minimum absolute atomic E-state index is 0.0125. The number of aryl methyl sites for hydroxylation is 2. The minimum Gasteiger partial charge on any atom is -0.455 e. The number of ether oxygens (including phenoxy) is 1. The first kappa shape index (κ1) is 16.3. The molecule has 4 heteroatoms. The highest BCUT2D eigenvalue weighted by atomic mass is 32.1. The molecular weight excluding hydrogens is 318 g/mol. The molecule has 1 amide bonds. The number of benzene rings is 2. The highest BCUT2D eigenvalue weighted by Gasteiger charge is 2.09. The lowest BCUT2D eigenvalue weighted by Crippen LogP contribution is -2.12. The first-order chi connectivity index (χ1) is 11.7. The number of para-hydroxylation sites is 2. The molecule has 0 saturated heterocycles. The van der Waals surface area contributed by atoms with Gasteiger partial charge < -0.3 is 10.1 Å². The number of hydrogen-bond donors (Lipinski definition) is 1. The van der Waals surface area contributed by atoms with E-state index >= 15 is 0 Å². The predicted molar refractivity (Wildman–Crippen MR) is 99.0 cm³/mol. The van der Waals surface area contributed by atoms with Gasteiger partial charge in [0.15, 0.2) is 5.75 Å². The van der Waals surface area contributed by atoms with E-state index in [9.17, 15) is 4.79 Å². The number of hydrogen-bond acceptors (Lipinski definition) is 3. The maximum atomic E-state index is 12.2. The number of carbonyl (C=O) groups is 1. The monoisotopic (exact) mass is 337 g/mol. The summed E-state index contributed by atoms with van der Waals surface area (Å²) in [6, 6.07) is 17.4. The fraction of sp³-hybridized carbons (Fsp3) is 0.150. The van der Waals surface area contributed by atoms with Crippen molar-refractivity contribution in [1.82, 2.24) is 0 Å². The van der Waals surface area contributed by atoms with E-state index in [1.807, 2.05) is 66.9 Å². The largest absolute Gasteiger partial charge is 0.455 e. The van der Waals surface area contributed by atoms with Crippen LogP contribution in [0.4, 0.5) is 5.69 Å². The zero-order valence-corrected chi connectivity index (χ0v) is 14.3. The van der Waals surface area contributed by atoms with E-state index in [1.165, 1.54) is 5.56 Å². The third kappa shape index (κ3) is 4.46. The summed E-state index contributed by atoms with van der Waals surface area (Å²) in [6.07, 6.45) is 1.20. The van der Waals surface area contributed by atoms with Gasteiger partial charge >= 0.3 is 0 Å². The Balaban J connectivity index is 1.66. The topological polar surface area (TPSA) is 38.3 Å². The fourth-order valence-electron chi connectivity index (χ4n) is 2.37. The van der Waals surface area contributed by atoms with E-state index in [1.54, 1.807) is 11.3 Å². The van der Waals surface area contributed by atoms with Crippen molar-refractivity contribution in [3.05, 3.63) is 76.5 Å². The summed E-state index contributed by atoms with van der Waals surface area (Å²) < 4.78 is 5.93. The van der Waals surface area contributed by atoms with Crippen LogP contribution in [-0.4, -0.2) is 5.91 Å². The van der Waals surface area contributed by atoms with Crippen molar-refractivity contribution < 1.29 is 9.53 Å². The molecule has 1 N–H and O–H groups in total. The van der Waals surface area contributed by atoms with Crippen molar-refractivity contribution >= 4 is 22.9 Å². The molecule has 122 valence electrons. The summed E-state index contributed by atoms with van der Waals surface area (Å²) in [6.45, 7) is 2.02. The third-order valence-electron chi connectivity index (χ3n) is 3.60. The second kappa shape index (κ2) is 7.79. The van der Waals surface area contributed by atoms with Gasteiger partial charge in [0, 0.05) is 6.42 Å². The minimum atomic E-state index is -0.0125. The summed E-state index contributed by atoms with van der Waals surface area (Å²) in [4.78, 5) is 12.2. The lowest BCUT2D eigenvalue weighted by molar-refractivity contribution is -0.116. The summed E-state index contributed by atoms with van der Waals surface area (Å²) in [5, 5.41) is 7.04. The van der Waals surface area contributed by atoms with Crippen LogP contribution >= 0.6 is 11.3 Å². The zero-order valence-electron chi connectivity index (χ0n) is 13.5. The average molecular weight is 337 g/mol. The molecule has 1 aromatic heterocycles. The van der Waals surface area contributed by atoms with Crippen LogP contribution in [0, 0.1) is 6.92 Å². The molecule has 0 spiro atoms. The van der Waals surface area contributed by atoms with E-state index < -0.39 is 0 Å². The molecule has 2 aromatic carbocycles. The van der Waals surface area contributed by atoms with Gasteiger partial charge in [-0.3, -0.25) is 4.79 Å². The Labute approximate surface area is 145 Å². The van der Waals surface area contributed by atoms with Crippen LogP contribution in [0.15, 0.2) is 65.4 Å². The Morgan fingerprint density at radius 1 is 1.12 bits per heavy atom. The fourth-order valence-corrected chi connectivity index (χ4v) is 3.07. The van der Waals surface area contributed by atoms with Gasteiger partial charge in [0.1, 0.15) is 5.75 Å². The normalized spacial score (nSPS) is 10.4. The zero-order chi connectivity index (χ0) is 16.8. The predicted octanol–water partition coefficient (Wildman–Crippen LogP) is 5.42. The maximum Gasteiger partial charge on any atom is 0.224 e. The highest BCUT2D eigenvalue weighted by Crippen LogP contribution is 2.29. The van der Waals surface area contributed by atoms with E-state index in [-0.39, 0.29) is 5.91 Å². The number of amides is 1. The number of rotatable bonds is 6. The average Bonchev–Trinajstić information content (AvgIpc) is 3.08. The third-order valence-corrected chi connectivity index (χ3v) is 4.33. The lowest BCUT2D eigenvalue weighted by Gasteiger charge is -2.12. The molecular formula is C20H19NO2S. The molecule has 3 aromatic rings. The van der Waals surface area contributed by atoms with Gasteiger partial charge in [-0.1, -0.05) is 24.3 Å². The van der Waals surface area contributed by atoms with Crippen LogP contribution in [0.5, 0.6) is 11.5 Å². The maximum absolute atomic E-state index is 12.2. The Morgan fingerprint density at radius 3 is 2.79 bits per heavy atom. The van der Waals surface area contributed by atoms with Gasteiger partial charge in [-0.05, 0) is 65.6 Å². The first-order valence-electron chi connectivity index (χ1n) is 7.85. The summed E-state index contributed by atoms with van der Waals surface area (Å²) in [5.74, 6) is 1.39. The molecule has 0 bridgehead atoms. The number of nitrogens with one attached hydrogen (secondary N) is 1. The molecule has 0 aliphatic rings. The van der Waals surface area contributed by atoms with Gasteiger partial charge in [0.25, 0.3) is 0 Å². The van der Waals surface area contributed by atoms with Crippen molar-refractivity contribution in [2.45, 2.75) is 19.8 Å². The second-order valence-corrected chi connectivity index (χ2v) is 6.37. The first-order valence-corrected chi connectivity index (χ1v) is 8.79. The standard InChI is InChI=1S/C20H19NO2S/c1-15-5-4-6-17(13-15)23-19-8-3-2-7-18(19)21-20(22)10-9-16-11-12-24-14-16/h2-8,11-14H,9-10H2,1H3,(H,21,22). The Hall–Kier alpha value is -2.59. The van der Waals surface area contributed by atoms with Crippen LogP contribution in [0.2, 0.25) is 0 Å². The highest BCUT2D eigenvalue weighted by molar-refractivity contribution is 7.07.